The molecule has 1 aliphatic heterocycles. The first-order chi connectivity index (χ1) is 14.2. The number of methoxy groups -OCH3 is 2. The number of hydrogen-bond donors (Lipinski definition) is 2. The number of aliphatic carboxylic acids is 1. The first-order valence-corrected chi connectivity index (χ1v) is 8.62. The molecule has 2 N–H and O–H groups in total. The predicted octanol–water partition coefficient (Wildman–Crippen LogP) is 0.945. The number of aliphatic hydroxyl groups excluding tert-OH is 1. The fourth-order valence-corrected chi connectivity index (χ4v) is 3.41. The monoisotopic (exact) mass is 420 g/mol. The maximum absolute atomic E-state index is 12.7. The second kappa shape index (κ2) is 9.18. The zero-order valence-electron chi connectivity index (χ0n) is 16.4. The largest absolute Gasteiger partial charge is 0.480 e. The number of nitro groups is 1. The number of carbonyl (C=O) groups excluding carboxylic acids is 2. The van der Waals surface area contributed by atoms with E-state index in [0.717, 1.165) is 19.1 Å². The molecule has 0 aliphatic carbocycles. The van der Waals surface area contributed by atoms with Gasteiger partial charge in [-0.15, -0.1) is 0 Å². The predicted molar refractivity (Wildman–Crippen MR) is 101 cm³/mol. The van der Waals surface area contributed by atoms with E-state index in [2.05, 4.69) is 0 Å². The lowest BCUT2D eigenvalue weighted by Gasteiger charge is -2.37. The summed E-state index contributed by atoms with van der Waals surface area (Å²) >= 11 is 0. The molecule has 11 nitrogen and oxygen atoms in total. The lowest BCUT2D eigenvalue weighted by molar-refractivity contribution is -0.384. The Balaban J connectivity index is 2.89. The number of esters is 2. The second-order valence-electron chi connectivity index (χ2n) is 6.27. The number of carboxylic acids is 1. The van der Waals surface area contributed by atoms with Gasteiger partial charge in [-0.2, -0.15) is 0 Å². The van der Waals surface area contributed by atoms with E-state index in [9.17, 15) is 34.7 Å². The Hall–Kier alpha value is -3.73. The summed E-state index contributed by atoms with van der Waals surface area (Å²) in [7, 11) is 2.19. The van der Waals surface area contributed by atoms with Crippen molar-refractivity contribution < 1.29 is 39.0 Å². The van der Waals surface area contributed by atoms with Gasteiger partial charge in [0.05, 0.1) is 48.5 Å². The van der Waals surface area contributed by atoms with Crippen LogP contribution in [0.3, 0.4) is 0 Å². The maximum atomic E-state index is 12.7. The SMILES string of the molecule is COC(=O)C1=C(C)N(CC(=O)O)C(CO)=C(C(=O)OC)[C@@H]1c1cccc([N+](=O)[O-])c1. The zero-order valence-corrected chi connectivity index (χ0v) is 16.4. The summed E-state index contributed by atoms with van der Waals surface area (Å²) in [5.41, 5.74) is -0.365. The summed E-state index contributed by atoms with van der Waals surface area (Å²) in [6.45, 7) is 0.0442. The maximum Gasteiger partial charge on any atom is 0.336 e. The highest BCUT2D eigenvalue weighted by atomic mass is 16.6. The summed E-state index contributed by atoms with van der Waals surface area (Å²) in [5.74, 6) is -4.25. The molecule has 0 amide bonds. The molecule has 1 atom stereocenters. The topological polar surface area (TPSA) is 157 Å². The minimum absolute atomic E-state index is 0.0918. The fraction of sp³-hybridized carbons (Fsp3) is 0.316. The van der Waals surface area contributed by atoms with Crippen molar-refractivity contribution in [2.45, 2.75) is 12.8 Å². The first-order valence-electron chi connectivity index (χ1n) is 8.62. The number of non-ortho nitro benzene ring substituents is 1. The molecule has 0 radical (unpaired) electrons. The smallest absolute Gasteiger partial charge is 0.336 e. The van der Waals surface area contributed by atoms with Crippen LogP contribution in [0.2, 0.25) is 0 Å². The Morgan fingerprint density at radius 2 is 1.77 bits per heavy atom. The Bertz CT molecular complexity index is 965. The third-order valence-electron chi connectivity index (χ3n) is 4.68. The van der Waals surface area contributed by atoms with Gasteiger partial charge in [0.25, 0.3) is 5.69 Å². The third kappa shape index (κ3) is 4.15. The quantitative estimate of drug-likeness (QED) is 0.370. The van der Waals surface area contributed by atoms with E-state index in [1.807, 2.05) is 0 Å². The molecular formula is C19H20N2O9. The molecular weight excluding hydrogens is 400 g/mol. The van der Waals surface area contributed by atoms with Crippen molar-refractivity contribution in [2.24, 2.45) is 0 Å². The lowest BCUT2D eigenvalue weighted by atomic mass is 9.79. The average Bonchev–Trinajstić information content (AvgIpc) is 2.73. The normalized spacial score (nSPS) is 16.4. The van der Waals surface area contributed by atoms with E-state index in [1.54, 1.807) is 0 Å². The summed E-state index contributed by atoms with van der Waals surface area (Å²) in [6, 6.07) is 5.28. The summed E-state index contributed by atoms with van der Waals surface area (Å²) in [5, 5.41) is 30.4. The molecule has 30 heavy (non-hydrogen) atoms. The van der Waals surface area contributed by atoms with E-state index in [0.29, 0.717) is 0 Å². The number of nitro benzene ring substituents is 1. The van der Waals surface area contributed by atoms with Crippen molar-refractivity contribution in [1.82, 2.24) is 4.90 Å². The van der Waals surface area contributed by atoms with E-state index in [4.69, 9.17) is 9.47 Å². The standard InChI is InChI=1S/C19H20N2O9/c1-10-15(18(25)29-2)16(11-5-4-6-12(7-11)21(27)28)17(19(26)30-3)13(9-22)20(10)8-14(23)24/h4-7,16,22H,8-9H2,1-3H3,(H,23,24)/t16-/m1/s1. The highest BCUT2D eigenvalue weighted by molar-refractivity contribution is 6.00. The van der Waals surface area contributed by atoms with Crippen molar-refractivity contribution in [3.8, 4) is 0 Å². The van der Waals surface area contributed by atoms with Crippen molar-refractivity contribution in [3.05, 3.63) is 62.5 Å². The van der Waals surface area contributed by atoms with Gasteiger partial charge in [0.1, 0.15) is 6.54 Å². The van der Waals surface area contributed by atoms with Gasteiger partial charge in [0, 0.05) is 17.8 Å². The number of hydrogen-bond acceptors (Lipinski definition) is 9. The highest BCUT2D eigenvalue weighted by Crippen LogP contribution is 2.43. The second-order valence-corrected chi connectivity index (χ2v) is 6.27. The molecule has 0 unspecified atom stereocenters. The minimum Gasteiger partial charge on any atom is -0.480 e. The van der Waals surface area contributed by atoms with Crippen LogP contribution in [0.15, 0.2) is 46.8 Å². The number of benzene rings is 1. The van der Waals surface area contributed by atoms with Gasteiger partial charge in [-0.25, -0.2) is 9.59 Å². The van der Waals surface area contributed by atoms with Crippen LogP contribution in [0.5, 0.6) is 0 Å². The van der Waals surface area contributed by atoms with Crippen LogP contribution in [0.25, 0.3) is 0 Å². The number of carboxylic acid groups (broad SMARTS) is 1. The molecule has 1 heterocycles. The van der Waals surface area contributed by atoms with Crippen LogP contribution in [0.4, 0.5) is 5.69 Å². The van der Waals surface area contributed by atoms with Crippen LogP contribution in [-0.4, -0.2) is 65.3 Å². The summed E-state index contributed by atoms with van der Waals surface area (Å²) in [6.07, 6.45) is 0. The third-order valence-corrected chi connectivity index (χ3v) is 4.68. The van der Waals surface area contributed by atoms with Gasteiger partial charge in [-0.05, 0) is 12.5 Å². The molecule has 0 saturated carbocycles. The molecule has 0 bridgehead atoms. The molecule has 0 spiro atoms. The van der Waals surface area contributed by atoms with Crippen LogP contribution in [0.1, 0.15) is 18.4 Å². The molecule has 1 aromatic rings. The average molecular weight is 420 g/mol. The van der Waals surface area contributed by atoms with Crippen molar-refractivity contribution >= 4 is 23.6 Å². The van der Waals surface area contributed by atoms with Gasteiger partial charge in [-0.3, -0.25) is 14.9 Å². The number of allylic oxidation sites excluding steroid dienone is 1. The molecule has 0 aromatic heterocycles. The Morgan fingerprint density at radius 1 is 1.17 bits per heavy atom. The van der Waals surface area contributed by atoms with Crippen LogP contribution in [-0.2, 0) is 23.9 Å². The van der Waals surface area contributed by atoms with Crippen molar-refractivity contribution in [1.29, 1.82) is 0 Å². The first kappa shape index (κ1) is 22.6. The van der Waals surface area contributed by atoms with E-state index < -0.39 is 41.9 Å². The number of carbonyl (C=O) groups is 3. The van der Waals surface area contributed by atoms with E-state index in [1.165, 1.54) is 31.2 Å². The van der Waals surface area contributed by atoms with Crippen molar-refractivity contribution in [2.75, 3.05) is 27.4 Å². The Labute approximate surface area is 171 Å². The molecule has 11 heteroatoms. The minimum atomic E-state index is -1.28. The molecule has 1 aliphatic rings. The number of ether oxygens (including phenoxy) is 2. The molecule has 160 valence electrons. The molecule has 0 fully saturated rings. The van der Waals surface area contributed by atoms with Gasteiger partial charge < -0.3 is 24.6 Å². The van der Waals surface area contributed by atoms with Crippen LogP contribution in [0, 0.1) is 10.1 Å². The molecule has 2 rings (SSSR count). The Kier molecular flexibility index (Phi) is 6.90. The van der Waals surface area contributed by atoms with Crippen molar-refractivity contribution in [3.63, 3.8) is 0 Å². The number of aliphatic hydroxyl groups is 1. The van der Waals surface area contributed by atoms with E-state index in [-0.39, 0.29) is 33.8 Å². The summed E-state index contributed by atoms with van der Waals surface area (Å²) in [4.78, 5) is 48.4. The number of rotatable bonds is 7. The zero-order chi connectivity index (χ0) is 22.6. The van der Waals surface area contributed by atoms with Gasteiger partial charge in [0.2, 0.25) is 0 Å². The van der Waals surface area contributed by atoms with Gasteiger partial charge >= 0.3 is 17.9 Å². The fourth-order valence-electron chi connectivity index (χ4n) is 3.41. The Morgan fingerprint density at radius 3 is 2.27 bits per heavy atom. The van der Waals surface area contributed by atoms with Gasteiger partial charge in [0.15, 0.2) is 0 Å². The molecule has 1 aromatic carbocycles. The van der Waals surface area contributed by atoms with E-state index >= 15 is 0 Å². The lowest BCUT2D eigenvalue weighted by Crippen LogP contribution is -2.39. The van der Waals surface area contributed by atoms with Gasteiger partial charge in [-0.1, -0.05) is 12.1 Å². The molecule has 0 saturated heterocycles. The van der Waals surface area contributed by atoms with Crippen LogP contribution >= 0.6 is 0 Å². The number of nitrogens with zero attached hydrogens (tertiary/aromatic N) is 2. The van der Waals surface area contributed by atoms with Crippen LogP contribution < -0.4 is 0 Å². The highest BCUT2D eigenvalue weighted by Gasteiger charge is 2.42. The summed E-state index contributed by atoms with van der Waals surface area (Å²) < 4.78 is 9.64.